The van der Waals surface area contributed by atoms with Gasteiger partial charge in [-0.3, -0.25) is 0 Å². The predicted octanol–water partition coefficient (Wildman–Crippen LogP) is 1.26. The van der Waals surface area contributed by atoms with Crippen molar-refractivity contribution in [1.82, 2.24) is 14.5 Å². The summed E-state index contributed by atoms with van der Waals surface area (Å²) in [5.74, 6) is 0.567. The van der Waals surface area contributed by atoms with Gasteiger partial charge in [0, 0.05) is 13.1 Å². The number of aryl methyl sites for hydroxylation is 1. The topological polar surface area (TPSA) is 56.3 Å². The van der Waals surface area contributed by atoms with E-state index in [1.165, 1.54) is 5.56 Å². The fourth-order valence-electron chi connectivity index (χ4n) is 2.63. The molecule has 1 unspecified atom stereocenters. The zero-order chi connectivity index (χ0) is 13.4. The van der Waals surface area contributed by atoms with Crippen molar-refractivity contribution in [3.8, 4) is 0 Å². The summed E-state index contributed by atoms with van der Waals surface area (Å²) in [5, 5.41) is 0. The van der Waals surface area contributed by atoms with Gasteiger partial charge in [-0.15, -0.1) is 0 Å². The standard InChI is InChI=1S/C14H20N4O/c1-10-3-4-13-12(7-10)16-14(15)18(13)9-11-8-17(2)5-6-19-11/h3-4,7,11H,5-6,8-9H2,1-2H3,(H2,15,16). The highest BCUT2D eigenvalue weighted by Crippen LogP contribution is 2.20. The largest absolute Gasteiger partial charge is 0.374 e. The fourth-order valence-corrected chi connectivity index (χ4v) is 2.63. The van der Waals surface area contributed by atoms with Crippen molar-refractivity contribution in [1.29, 1.82) is 0 Å². The van der Waals surface area contributed by atoms with Crippen LogP contribution in [0.5, 0.6) is 0 Å². The molecule has 1 aromatic carbocycles. The van der Waals surface area contributed by atoms with Crippen LogP contribution in [-0.2, 0) is 11.3 Å². The summed E-state index contributed by atoms with van der Waals surface area (Å²) in [6, 6.07) is 6.24. The first-order valence-electron chi connectivity index (χ1n) is 6.66. The number of rotatable bonds is 2. The van der Waals surface area contributed by atoms with Crippen LogP contribution in [0, 0.1) is 6.92 Å². The van der Waals surface area contributed by atoms with Gasteiger partial charge in [0.05, 0.1) is 30.3 Å². The Hall–Kier alpha value is -1.59. The van der Waals surface area contributed by atoms with E-state index >= 15 is 0 Å². The molecule has 5 nitrogen and oxygen atoms in total. The van der Waals surface area contributed by atoms with Crippen LogP contribution < -0.4 is 5.73 Å². The van der Waals surface area contributed by atoms with E-state index in [0.29, 0.717) is 5.95 Å². The maximum Gasteiger partial charge on any atom is 0.201 e. The summed E-state index contributed by atoms with van der Waals surface area (Å²) in [6.45, 7) is 5.54. The molecule has 0 amide bonds. The van der Waals surface area contributed by atoms with Crippen LogP contribution in [0.2, 0.25) is 0 Å². The molecule has 0 bridgehead atoms. The highest BCUT2D eigenvalue weighted by Gasteiger charge is 2.20. The van der Waals surface area contributed by atoms with Crippen LogP contribution in [0.4, 0.5) is 5.95 Å². The molecule has 3 rings (SSSR count). The Bertz CT molecular complexity index is 592. The minimum atomic E-state index is 0.180. The molecule has 0 spiro atoms. The van der Waals surface area contributed by atoms with Crippen LogP contribution >= 0.6 is 0 Å². The van der Waals surface area contributed by atoms with Gasteiger partial charge in [0.2, 0.25) is 5.95 Å². The van der Waals surface area contributed by atoms with E-state index in [9.17, 15) is 0 Å². The molecule has 0 saturated carbocycles. The van der Waals surface area contributed by atoms with Crippen molar-refractivity contribution in [2.45, 2.75) is 19.6 Å². The Labute approximate surface area is 113 Å². The number of ether oxygens (including phenoxy) is 1. The molecule has 2 aromatic rings. The smallest absolute Gasteiger partial charge is 0.201 e. The lowest BCUT2D eigenvalue weighted by molar-refractivity contribution is -0.0267. The van der Waals surface area contributed by atoms with Crippen LogP contribution in [0.15, 0.2) is 18.2 Å². The Morgan fingerprint density at radius 1 is 1.47 bits per heavy atom. The second-order valence-corrected chi connectivity index (χ2v) is 5.33. The molecule has 5 heteroatoms. The van der Waals surface area contributed by atoms with Crippen molar-refractivity contribution < 1.29 is 4.74 Å². The van der Waals surface area contributed by atoms with E-state index < -0.39 is 0 Å². The van der Waals surface area contributed by atoms with Gasteiger partial charge in [-0.1, -0.05) is 6.07 Å². The number of hydrogen-bond donors (Lipinski definition) is 1. The molecule has 1 fully saturated rings. The second kappa shape index (κ2) is 4.83. The molecule has 1 aliphatic heterocycles. The monoisotopic (exact) mass is 260 g/mol. The molecule has 1 aliphatic rings. The van der Waals surface area contributed by atoms with Crippen molar-refractivity contribution in [3.05, 3.63) is 23.8 Å². The van der Waals surface area contributed by atoms with Crippen molar-refractivity contribution in [2.75, 3.05) is 32.5 Å². The average molecular weight is 260 g/mol. The van der Waals surface area contributed by atoms with Gasteiger partial charge >= 0.3 is 0 Å². The minimum Gasteiger partial charge on any atom is -0.374 e. The molecule has 0 aliphatic carbocycles. The third-order valence-electron chi connectivity index (χ3n) is 3.66. The molecular formula is C14H20N4O. The summed E-state index contributed by atoms with van der Waals surface area (Å²) in [4.78, 5) is 6.72. The number of morpholine rings is 1. The quantitative estimate of drug-likeness (QED) is 0.883. The molecule has 1 aromatic heterocycles. The van der Waals surface area contributed by atoms with E-state index in [1.54, 1.807) is 0 Å². The van der Waals surface area contributed by atoms with Gasteiger partial charge in [0.1, 0.15) is 0 Å². The number of nitrogens with two attached hydrogens (primary N) is 1. The molecule has 2 N–H and O–H groups in total. The molecule has 0 radical (unpaired) electrons. The third-order valence-corrected chi connectivity index (χ3v) is 3.66. The molecule has 2 heterocycles. The first-order chi connectivity index (χ1) is 9.13. The number of hydrogen-bond acceptors (Lipinski definition) is 4. The minimum absolute atomic E-state index is 0.180. The van der Waals surface area contributed by atoms with Gasteiger partial charge < -0.3 is 19.9 Å². The molecule has 102 valence electrons. The lowest BCUT2D eigenvalue weighted by atomic mass is 10.2. The highest BCUT2D eigenvalue weighted by molar-refractivity contribution is 5.79. The van der Waals surface area contributed by atoms with E-state index in [2.05, 4.69) is 46.6 Å². The van der Waals surface area contributed by atoms with E-state index in [1.807, 2.05) is 0 Å². The maximum absolute atomic E-state index is 6.04. The Balaban J connectivity index is 1.89. The second-order valence-electron chi connectivity index (χ2n) is 5.33. The maximum atomic E-state index is 6.04. The van der Waals surface area contributed by atoms with Crippen LogP contribution in [0.3, 0.4) is 0 Å². The molecular weight excluding hydrogens is 240 g/mol. The number of aromatic nitrogens is 2. The number of nitrogen functional groups attached to an aromatic ring is 1. The summed E-state index contributed by atoms with van der Waals surface area (Å²) in [6.07, 6.45) is 0.180. The summed E-state index contributed by atoms with van der Waals surface area (Å²) >= 11 is 0. The van der Waals surface area contributed by atoms with Gasteiger partial charge in [0.15, 0.2) is 0 Å². The number of benzene rings is 1. The summed E-state index contributed by atoms with van der Waals surface area (Å²) in [5.41, 5.74) is 9.28. The first kappa shape index (κ1) is 12.4. The number of anilines is 1. The van der Waals surface area contributed by atoms with E-state index in [-0.39, 0.29) is 6.10 Å². The normalized spacial score (nSPS) is 21.1. The summed E-state index contributed by atoms with van der Waals surface area (Å²) < 4.78 is 7.86. The zero-order valence-electron chi connectivity index (χ0n) is 11.5. The average Bonchev–Trinajstić information content (AvgIpc) is 2.65. The Morgan fingerprint density at radius 3 is 3.11 bits per heavy atom. The third kappa shape index (κ3) is 2.43. The van der Waals surface area contributed by atoms with Gasteiger partial charge in [-0.05, 0) is 31.7 Å². The van der Waals surface area contributed by atoms with E-state index in [0.717, 1.165) is 37.3 Å². The predicted molar refractivity (Wildman–Crippen MR) is 76.1 cm³/mol. The van der Waals surface area contributed by atoms with Crippen LogP contribution in [-0.4, -0.2) is 47.3 Å². The van der Waals surface area contributed by atoms with Gasteiger partial charge in [-0.2, -0.15) is 0 Å². The summed E-state index contributed by atoms with van der Waals surface area (Å²) in [7, 11) is 2.12. The van der Waals surface area contributed by atoms with Crippen LogP contribution in [0.25, 0.3) is 11.0 Å². The van der Waals surface area contributed by atoms with Crippen molar-refractivity contribution in [3.63, 3.8) is 0 Å². The fraction of sp³-hybridized carbons (Fsp3) is 0.500. The SMILES string of the molecule is Cc1ccc2c(c1)nc(N)n2CC1CN(C)CCO1. The lowest BCUT2D eigenvalue weighted by Gasteiger charge is -2.30. The van der Waals surface area contributed by atoms with E-state index in [4.69, 9.17) is 10.5 Å². The van der Waals surface area contributed by atoms with Crippen LogP contribution in [0.1, 0.15) is 5.56 Å². The van der Waals surface area contributed by atoms with Gasteiger partial charge in [-0.25, -0.2) is 4.98 Å². The Morgan fingerprint density at radius 2 is 2.32 bits per heavy atom. The molecule has 19 heavy (non-hydrogen) atoms. The number of likely N-dealkylation sites (N-methyl/N-ethyl adjacent to an activating group) is 1. The molecule has 1 saturated heterocycles. The zero-order valence-corrected chi connectivity index (χ0v) is 11.5. The van der Waals surface area contributed by atoms with Crippen molar-refractivity contribution >= 4 is 17.0 Å². The highest BCUT2D eigenvalue weighted by atomic mass is 16.5. The lowest BCUT2D eigenvalue weighted by Crippen LogP contribution is -2.42. The first-order valence-corrected chi connectivity index (χ1v) is 6.66. The van der Waals surface area contributed by atoms with Gasteiger partial charge in [0.25, 0.3) is 0 Å². The number of imidazole rings is 1. The number of fused-ring (bicyclic) bond motifs is 1. The van der Waals surface area contributed by atoms with Crippen molar-refractivity contribution in [2.24, 2.45) is 0 Å². The molecule has 1 atom stereocenters. The number of nitrogens with zero attached hydrogens (tertiary/aromatic N) is 3. The Kier molecular flexibility index (Phi) is 3.16.